The second-order valence-corrected chi connectivity index (χ2v) is 44.3. The monoisotopic (exact) mass is 1980 g/mol. The van der Waals surface area contributed by atoms with Crippen LogP contribution in [0.1, 0.15) is 262 Å². The van der Waals surface area contributed by atoms with Crippen LogP contribution in [0.5, 0.6) is 17.2 Å². The summed E-state index contributed by atoms with van der Waals surface area (Å²) in [6.45, 7) is 36.0. The number of fused-ring (bicyclic) bond motifs is 18. The van der Waals surface area contributed by atoms with Crippen molar-refractivity contribution in [2.24, 2.45) is 0 Å². The highest BCUT2D eigenvalue weighted by molar-refractivity contribution is 7.10. The van der Waals surface area contributed by atoms with E-state index in [9.17, 15) is 28.5 Å². The van der Waals surface area contributed by atoms with Crippen molar-refractivity contribution < 1.29 is 85.3 Å². The van der Waals surface area contributed by atoms with E-state index >= 15 is 0 Å². The minimum Gasteiger partial charge on any atom is -0.508 e. The van der Waals surface area contributed by atoms with E-state index in [1.807, 2.05) is 48.5 Å². The summed E-state index contributed by atoms with van der Waals surface area (Å²) in [5.74, 6) is 0.328. The van der Waals surface area contributed by atoms with Crippen LogP contribution in [-0.2, 0) is 91.1 Å². The number of hydrogen-bond donors (Lipinski definition) is 9. The molecule has 0 amide bonds. The molecule has 9 N–H and O–H groups in total. The van der Waals surface area contributed by atoms with Gasteiger partial charge in [-0.15, -0.1) is 11.3 Å². The third kappa shape index (κ3) is 22.3. The average molecular weight is 1980 g/mol. The maximum Gasteiger partial charge on any atom is 0.416 e. The number of hydrogen-bond acceptors (Lipinski definition) is 23. The van der Waals surface area contributed by atoms with E-state index in [0.29, 0.717) is 90.5 Å². The van der Waals surface area contributed by atoms with E-state index < -0.39 is 17.8 Å². The summed E-state index contributed by atoms with van der Waals surface area (Å²) in [5, 5.41) is 57.5. The van der Waals surface area contributed by atoms with Crippen molar-refractivity contribution in [2.75, 3.05) is 111 Å². The van der Waals surface area contributed by atoms with Gasteiger partial charge in [-0.25, -0.2) is 0 Å². The Morgan fingerprint density at radius 2 is 0.573 bits per heavy atom. The van der Waals surface area contributed by atoms with Crippen LogP contribution in [0.3, 0.4) is 0 Å². The molecule has 26 heteroatoms. The quantitative estimate of drug-likeness (QED) is 0.0720. The largest absolute Gasteiger partial charge is 0.508 e. The van der Waals surface area contributed by atoms with Crippen molar-refractivity contribution in [3.8, 4) is 17.2 Å². The van der Waals surface area contributed by atoms with Crippen molar-refractivity contribution in [1.82, 2.24) is 0 Å². The molecule has 21 nitrogen and oxygen atoms in total. The molecule has 14 heterocycles. The molecule has 12 aliphatic rings. The first-order valence-electron chi connectivity index (χ1n) is 50.1. The molecule has 0 saturated carbocycles. The fourth-order valence-electron chi connectivity index (χ4n) is 21.2. The summed E-state index contributed by atoms with van der Waals surface area (Å²) in [7, 11) is 0. The van der Waals surface area contributed by atoms with Gasteiger partial charge in [0.05, 0.1) is 121 Å². The summed E-state index contributed by atoms with van der Waals surface area (Å²) in [6, 6.07) is 75.4. The molecule has 0 bridgehead atoms. The minimum absolute atomic E-state index is 0.00667. The van der Waals surface area contributed by atoms with Gasteiger partial charge in [-0.2, -0.15) is 24.5 Å². The van der Waals surface area contributed by atoms with E-state index in [4.69, 9.17) is 56.8 Å². The second kappa shape index (κ2) is 42.7. The van der Waals surface area contributed by atoms with Gasteiger partial charge in [-0.05, 0) is 185 Å². The zero-order chi connectivity index (χ0) is 99.8. The van der Waals surface area contributed by atoms with E-state index in [1.165, 1.54) is 84.0 Å². The number of benzene rings is 10. The Kier molecular flexibility index (Phi) is 30.1. The van der Waals surface area contributed by atoms with Crippen LogP contribution in [0.2, 0.25) is 0 Å². The molecule has 24 rings (SSSR count). The molecule has 6 saturated heterocycles. The lowest BCUT2D eigenvalue weighted by molar-refractivity contribution is -0.152. The Morgan fingerprint density at radius 3 is 0.902 bits per heavy atom. The van der Waals surface area contributed by atoms with Crippen LogP contribution in [0.4, 0.5) is 47.3 Å². The number of ether oxygens (including phenoxy) is 12. The van der Waals surface area contributed by atoms with Crippen LogP contribution < -0.4 is 31.9 Å². The lowest BCUT2D eigenvalue weighted by Gasteiger charge is -2.43. The fourth-order valence-corrected chi connectivity index (χ4v) is 22.7. The lowest BCUT2D eigenvalue weighted by atomic mass is 9.82. The summed E-state index contributed by atoms with van der Waals surface area (Å²) < 4.78 is 112. The number of alkyl halides is 3. The molecule has 0 aliphatic carbocycles. The molecule has 143 heavy (non-hydrogen) atoms. The normalized spacial score (nSPS) is 26.2. The summed E-state index contributed by atoms with van der Waals surface area (Å²) in [5.41, 5.74) is 24.3. The number of rotatable bonds is 7. The molecule has 12 aromatic rings. The predicted octanol–water partition coefficient (Wildman–Crippen LogP) is 25.9. The molecule has 0 radical (unpaired) electrons. The summed E-state index contributed by atoms with van der Waals surface area (Å²) in [4.78, 5) is 1.30. The smallest absolute Gasteiger partial charge is 0.416 e. The van der Waals surface area contributed by atoms with Gasteiger partial charge in [0, 0.05) is 78.4 Å². The predicted molar refractivity (Wildman–Crippen MR) is 556 cm³/mol. The summed E-state index contributed by atoms with van der Waals surface area (Å²) >= 11 is 3.49. The molecule has 10 aromatic carbocycles. The second-order valence-electron chi connectivity index (χ2n) is 42.5. The standard InChI is InChI=1S/C21H25NO4.C21H25NO3.2C19H23NO2S.C19H21NO2.C18H16F3NO2/c1-21(2,3)13-4-5-17-16(10-13)19-20(26-7-6-25-19)18(22-17)12-8-14(23)11-15(24)9-12;1-21(2,3)14-7-8-17-16(12-14)19-20(25-10-9-24-19)18(22-17)13-5-4-6-15(23)11-13;1-19(2,3)13-4-5-15-14(10-13)17-18(22-8-7-21-17)16(20-15)12-6-9-23-11-12;1-19(2,3)12-6-7-14-13(11-12)17-18(22-9-8-21-17)16(20-14)15-5-4-10-23-15;1-2-13-8-9-16-15(12-13)18-19(22-11-10-21-18)17(20-16)14-6-4-3-5-7-14;19-18(20,21)12-6-7-14-13(10-12)16-17(24-9-8-23-16)15(22-14)11-4-2-1-3-5-11/h4-5,8-11,18-20,22-24H,6-7H2,1-3H3;4-8,11-12,18-20,22-23H,9-10H2,1-3H3;4-6,9-11,16-18,20H,7-8H2,1-3H3;4-7,10-11,16-18,20H,8-9H2,1-3H3;3-9,12,17-20H,2,10-11H2,1H3;1-7,10,15-17,22H,8-9H2/t;;16-,17+,18-;;;15-,16+,17-/m..0..0/s1. The number of halogens is 3. The van der Waals surface area contributed by atoms with Crippen molar-refractivity contribution in [2.45, 2.75) is 234 Å². The average Bonchev–Trinajstić information content (AvgIpc) is 1.48. The Hall–Kier alpha value is -10.9. The Labute approximate surface area is 845 Å². The van der Waals surface area contributed by atoms with E-state index in [-0.39, 0.29) is 142 Å². The molecular formula is C117H133F3N6O15S2. The van der Waals surface area contributed by atoms with Crippen molar-refractivity contribution >= 4 is 56.8 Å². The number of thiophene rings is 2. The molecule has 6 fully saturated rings. The maximum atomic E-state index is 13.0. The Bertz CT molecular complexity index is 6210. The van der Waals surface area contributed by atoms with Crippen molar-refractivity contribution in [1.29, 1.82) is 0 Å². The molecule has 12 unspecified atom stereocenters. The highest BCUT2D eigenvalue weighted by Gasteiger charge is 2.50. The van der Waals surface area contributed by atoms with Crippen molar-refractivity contribution in [3.05, 3.63) is 346 Å². The van der Waals surface area contributed by atoms with Gasteiger partial charge in [0.1, 0.15) is 90.5 Å². The van der Waals surface area contributed by atoms with Crippen LogP contribution in [0, 0.1) is 0 Å². The first-order chi connectivity index (χ1) is 68.7. The van der Waals surface area contributed by atoms with Crippen LogP contribution in [0.25, 0.3) is 0 Å². The van der Waals surface area contributed by atoms with Gasteiger partial charge >= 0.3 is 6.18 Å². The zero-order valence-corrected chi connectivity index (χ0v) is 85.1. The molecule has 0 spiro atoms. The number of nitrogens with one attached hydrogen (secondary N) is 6. The fraction of sp³-hybridized carbons (Fsp3) is 0.419. The van der Waals surface area contributed by atoms with Gasteiger partial charge in [0.15, 0.2) is 0 Å². The Morgan fingerprint density at radius 1 is 0.273 bits per heavy atom. The molecule has 2 aromatic heterocycles. The zero-order valence-electron chi connectivity index (χ0n) is 83.4. The number of aryl methyl sites for hydroxylation is 1. The SMILES string of the molecule is CC(C)(C)c1ccc2c(c1)C1OCCOC1C(c1cc(O)cc(O)c1)N2.CC(C)(C)c1ccc2c(c1)C1OCCOC1C(c1cccc(O)c1)N2.CC(C)(C)c1ccc2c(c1)C1OCCOC1C(c1cccs1)N2.CC(C)(C)c1ccc2c(c1)[C@H]1OCCO[C@H]1[C@H](c1ccsc1)N2.CCc1ccc2c(c1)C1OCCOC1C(c1ccccc1)N2.FC(F)(F)c1ccc2c(c1)[C@H]1OCCO[C@H]1[C@H](c1ccccc1)N2. The molecule has 12 aliphatic heterocycles. The number of aromatic hydroxyl groups is 3. The van der Waals surface area contributed by atoms with Gasteiger partial charge in [0.2, 0.25) is 0 Å². The van der Waals surface area contributed by atoms with Crippen LogP contribution in [0.15, 0.2) is 247 Å². The van der Waals surface area contributed by atoms with Gasteiger partial charge in [0.25, 0.3) is 0 Å². The van der Waals surface area contributed by atoms with Crippen molar-refractivity contribution in [3.63, 3.8) is 0 Å². The maximum absolute atomic E-state index is 13.0. The van der Waals surface area contributed by atoms with E-state index in [1.54, 1.807) is 46.9 Å². The molecular weight excluding hydrogens is 1850 g/mol. The molecule has 18 atom stereocenters. The number of anilines is 6. The topological polar surface area (TPSA) is 244 Å². The number of phenolic OH excluding ortho intramolecular Hbond substituents is 3. The molecule has 754 valence electrons. The lowest BCUT2D eigenvalue weighted by Crippen LogP contribution is -2.43. The highest BCUT2D eigenvalue weighted by Crippen LogP contribution is 2.54. The van der Waals surface area contributed by atoms with Gasteiger partial charge < -0.3 is 104 Å². The summed E-state index contributed by atoms with van der Waals surface area (Å²) in [6.07, 6.45) is -4.73. The first-order valence-corrected chi connectivity index (χ1v) is 51.9. The number of phenols is 3. The minimum atomic E-state index is -4.38. The first kappa shape index (κ1) is 101. The van der Waals surface area contributed by atoms with Crippen LogP contribution >= 0.6 is 22.7 Å². The highest BCUT2D eigenvalue weighted by atomic mass is 32.1. The van der Waals surface area contributed by atoms with E-state index in [2.05, 4.69) is 272 Å². The van der Waals surface area contributed by atoms with Gasteiger partial charge in [-0.3, -0.25) is 0 Å². The van der Waals surface area contributed by atoms with E-state index in [0.717, 1.165) is 63.4 Å². The van der Waals surface area contributed by atoms with Crippen LogP contribution in [-0.4, -0.2) is 131 Å². The third-order valence-corrected chi connectivity index (χ3v) is 30.4. The van der Waals surface area contributed by atoms with Gasteiger partial charge in [-0.1, -0.05) is 230 Å². The Balaban J connectivity index is 0.000000109. The third-order valence-electron chi connectivity index (χ3n) is 28.8.